The smallest absolute Gasteiger partial charge is 0.309 e. The normalized spacial score (nSPS) is 14.3. The maximum Gasteiger partial charge on any atom is 0.309 e. The first-order valence-corrected chi connectivity index (χ1v) is 10.0. The summed E-state index contributed by atoms with van der Waals surface area (Å²) in [5.74, 6) is -0.980. The molecular formula is C18H34N2O5S. The Bertz CT molecular complexity index is 483. The predicted molar refractivity (Wildman–Crippen MR) is 104 cm³/mol. The maximum absolute atomic E-state index is 12.4. The molecule has 152 valence electrons. The quantitative estimate of drug-likeness (QED) is 0.460. The first-order chi connectivity index (χ1) is 11.8. The highest BCUT2D eigenvalue weighted by molar-refractivity contribution is 7.99. The third-order valence-electron chi connectivity index (χ3n) is 3.08. The van der Waals surface area contributed by atoms with Crippen molar-refractivity contribution in [1.29, 1.82) is 0 Å². The molecule has 1 amide bonds. The van der Waals surface area contributed by atoms with Crippen LogP contribution in [0.15, 0.2) is 0 Å². The van der Waals surface area contributed by atoms with Gasteiger partial charge in [0.25, 0.3) is 0 Å². The molecule has 0 saturated heterocycles. The monoisotopic (exact) mass is 390 g/mol. The number of thioether (sulfide) groups is 1. The van der Waals surface area contributed by atoms with Crippen LogP contribution in [0.2, 0.25) is 0 Å². The molecule has 0 spiro atoms. The van der Waals surface area contributed by atoms with Crippen LogP contribution < -0.4 is 10.6 Å². The van der Waals surface area contributed by atoms with Gasteiger partial charge in [-0.05, 0) is 61.3 Å². The summed E-state index contributed by atoms with van der Waals surface area (Å²) in [7, 11) is 1.65. The number of carbonyl (C=O) groups is 3. The van der Waals surface area contributed by atoms with Crippen LogP contribution >= 0.6 is 11.8 Å². The van der Waals surface area contributed by atoms with Gasteiger partial charge in [-0.25, -0.2) is 0 Å². The number of hydrogen-bond acceptors (Lipinski definition) is 7. The van der Waals surface area contributed by atoms with E-state index in [1.54, 1.807) is 48.6 Å². The number of hydrogen-bond donors (Lipinski definition) is 2. The van der Waals surface area contributed by atoms with Gasteiger partial charge in [-0.15, -0.1) is 11.8 Å². The van der Waals surface area contributed by atoms with E-state index in [0.717, 1.165) is 0 Å². The van der Waals surface area contributed by atoms with E-state index >= 15 is 0 Å². The van der Waals surface area contributed by atoms with E-state index in [9.17, 15) is 14.4 Å². The topological polar surface area (TPSA) is 93.7 Å². The summed E-state index contributed by atoms with van der Waals surface area (Å²) < 4.78 is 10.5. The van der Waals surface area contributed by atoms with Crippen LogP contribution in [0.1, 0.15) is 60.8 Å². The van der Waals surface area contributed by atoms with E-state index < -0.39 is 22.6 Å². The first kappa shape index (κ1) is 24.7. The molecule has 0 rings (SSSR count). The summed E-state index contributed by atoms with van der Waals surface area (Å²) in [5, 5.41) is 5.32. The molecule has 0 saturated carbocycles. The van der Waals surface area contributed by atoms with Gasteiger partial charge in [0.1, 0.15) is 11.2 Å². The van der Waals surface area contributed by atoms with Crippen molar-refractivity contribution in [3.63, 3.8) is 0 Å². The largest absolute Gasteiger partial charge is 0.460 e. The van der Waals surface area contributed by atoms with Gasteiger partial charge in [-0.3, -0.25) is 14.4 Å². The average molecular weight is 391 g/mol. The minimum atomic E-state index is -0.565. The molecular weight excluding hydrogens is 356 g/mol. The maximum atomic E-state index is 12.4. The highest BCUT2D eigenvalue weighted by atomic mass is 32.2. The van der Waals surface area contributed by atoms with Gasteiger partial charge >= 0.3 is 11.9 Å². The number of esters is 2. The molecule has 0 aromatic carbocycles. The Balaban J connectivity index is 4.57. The van der Waals surface area contributed by atoms with Gasteiger partial charge in [0.15, 0.2) is 0 Å². The number of rotatable bonds is 9. The molecule has 8 heteroatoms. The van der Waals surface area contributed by atoms with Crippen LogP contribution in [0.3, 0.4) is 0 Å². The van der Waals surface area contributed by atoms with Crippen molar-refractivity contribution < 1.29 is 23.9 Å². The Morgan fingerprint density at radius 3 is 1.88 bits per heavy atom. The number of ether oxygens (including phenoxy) is 2. The molecule has 2 atom stereocenters. The van der Waals surface area contributed by atoms with E-state index in [1.165, 1.54) is 11.8 Å². The Kier molecular flexibility index (Phi) is 10.2. The van der Waals surface area contributed by atoms with E-state index in [4.69, 9.17) is 9.47 Å². The van der Waals surface area contributed by atoms with E-state index in [2.05, 4.69) is 10.6 Å². The SMILES string of the molecule is CN[C@@H](CCC(=O)OC(C)(C)C)C(=O)NC(CC(=O)OC(C)(C)C)SC. The van der Waals surface area contributed by atoms with Gasteiger partial charge in [0.2, 0.25) is 5.91 Å². The van der Waals surface area contributed by atoms with Crippen LogP contribution in [0, 0.1) is 0 Å². The van der Waals surface area contributed by atoms with E-state index in [0.29, 0.717) is 6.42 Å². The van der Waals surface area contributed by atoms with Crippen molar-refractivity contribution in [2.45, 2.75) is 83.4 Å². The van der Waals surface area contributed by atoms with Crippen LogP contribution in [-0.4, -0.2) is 53.8 Å². The molecule has 2 N–H and O–H groups in total. The number of nitrogens with one attached hydrogen (secondary N) is 2. The van der Waals surface area contributed by atoms with Crippen LogP contribution in [0.5, 0.6) is 0 Å². The third kappa shape index (κ3) is 12.1. The molecule has 0 aromatic heterocycles. The summed E-state index contributed by atoms with van der Waals surface area (Å²) in [5.41, 5.74) is -1.11. The zero-order chi connectivity index (χ0) is 20.5. The van der Waals surface area contributed by atoms with Crippen molar-refractivity contribution in [3.05, 3.63) is 0 Å². The number of carbonyl (C=O) groups excluding carboxylic acids is 3. The van der Waals surface area contributed by atoms with Crippen LogP contribution in [0.25, 0.3) is 0 Å². The zero-order valence-electron chi connectivity index (χ0n) is 17.2. The molecule has 26 heavy (non-hydrogen) atoms. The lowest BCUT2D eigenvalue weighted by atomic mass is 10.1. The fourth-order valence-corrected chi connectivity index (χ4v) is 2.59. The summed E-state index contributed by atoms with van der Waals surface area (Å²) in [6, 6.07) is -0.546. The van der Waals surface area contributed by atoms with Crippen LogP contribution in [0.4, 0.5) is 0 Å². The molecule has 0 fully saturated rings. The van der Waals surface area contributed by atoms with Crippen molar-refractivity contribution in [2.24, 2.45) is 0 Å². The highest BCUT2D eigenvalue weighted by Gasteiger charge is 2.25. The fourth-order valence-electron chi connectivity index (χ4n) is 2.05. The Labute approximate surface area is 161 Å². The van der Waals surface area contributed by atoms with Gasteiger partial charge in [0.05, 0.1) is 17.8 Å². The van der Waals surface area contributed by atoms with Crippen molar-refractivity contribution in [3.8, 4) is 0 Å². The molecule has 0 aliphatic heterocycles. The second-order valence-corrected chi connectivity index (χ2v) is 9.03. The van der Waals surface area contributed by atoms with Crippen molar-refractivity contribution in [2.75, 3.05) is 13.3 Å². The van der Waals surface area contributed by atoms with Crippen molar-refractivity contribution in [1.82, 2.24) is 10.6 Å². The highest BCUT2D eigenvalue weighted by Crippen LogP contribution is 2.15. The summed E-state index contributed by atoms with van der Waals surface area (Å²) in [6.45, 7) is 10.8. The third-order valence-corrected chi connectivity index (χ3v) is 3.94. The summed E-state index contributed by atoms with van der Waals surface area (Å²) >= 11 is 1.36. The fraction of sp³-hybridized carbons (Fsp3) is 0.833. The minimum Gasteiger partial charge on any atom is -0.460 e. The molecule has 7 nitrogen and oxygen atoms in total. The Morgan fingerprint density at radius 1 is 0.962 bits per heavy atom. The molecule has 0 aliphatic carbocycles. The first-order valence-electron chi connectivity index (χ1n) is 8.71. The number of likely N-dealkylation sites (N-methyl/N-ethyl adjacent to an activating group) is 1. The zero-order valence-corrected chi connectivity index (χ0v) is 18.0. The Hall–Kier alpha value is -1.28. The Morgan fingerprint density at radius 2 is 1.46 bits per heavy atom. The van der Waals surface area contributed by atoms with Gasteiger partial charge < -0.3 is 20.1 Å². The molecule has 1 unspecified atom stereocenters. The van der Waals surface area contributed by atoms with Gasteiger partial charge in [0, 0.05) is 6.42 Å². The van der Waals surface area contributed by atoms with Gasteiger partial charge in [-0.2, -0.15) is 0 Å². The minimum absolute atomic E-state index is 0.0761. The molecule has 0 radical (unpaired) electrons. The van der Waals surface area contributed by atoms with Crippen molar-refractivity contribution >= 4 is 29.6 Å². The predicted octanol–water partition coefficient (Wildman–Crippen LogP) is 2.23. The van der Waals surface area contributed by atoms with E-state index in [-0.39, 0.29) is 30.7 Å². The molecule has 0 aliphatic rings. The van der Waals surface area contributed by atoms with E-state index in [1.807, 2.05) is 6.26 Å². The second-order valence-electron chi connectivity index (χ2n) is 7.99. The summed E-state index contributed by atoms with van der Waals surface area (Å²) in [6.07, 6.45) is 2.33. The van der Waals surface area contributed by atoms with Crippen LogP contribution in [-0.2, 0) is 23.9 Å². The van der Waals surface area contributed by atoms with Gasteiger partial charge in [-0.1, -0.05) is 0 Å². The molecule has 0 aromatic rings. The number of amides is 1. The second kappa shape index (κ2) is 10.8. The summed E-state index contributed by atoms with van der Waals surface area (Å²) in [4.78, 5) is 36.2. The lowest BCUT2D eigenvalue weighted by Gasteiger charge is -2.24. The lowest BCUT2D eigenvalue weighted by Crippen LogP contribution is -2.46. The standard InChI is InChI=1S/C18H34N2O5S/c1-17(2,3)24-14(21)10-9-12(19-7)16(23)20-13(26-8)11-15(22)25-18(4,5)6/h12-13,19H,9-11H2,1-8H3,(H,20,23)/t12-,13?/m0/s1. The average Bonchev–Trinajstić information content (AvgIpc) is 2.43. The molecule has 0 bridgehead atoms. The lowest BCUT2D eigenvalue weighted by molar-refractivity contribution is -0.156. The molecule has 0 heterocycles.